The lowest BCUT2D eigenvalue weighted by molar-refractivity contribution is -0.384. The van der Waals surface area contributed by atoms with Crippen LogP contribution in [0, 0.1) is 10.1 Å². The highest BCUT2D eigenvalue weighted by Gasteiger charge is 2.12. The van der Waals surface area contributed by atoms with E-state index in [0.717, 1.165) is 11.3 Å². The van der Waals surface area contributed by atoms with Gasteiger partial charge in [0.2, 0.25) is 5.91 Å². The summed E-state index contributed by atoms with van der Waals surface area (Å²) in [6.45, 7) is 0.800. The average molecular weight is 408 g/mol. The van der Waals surface area contributed by atoms with Crippen LogP contribution in [0.25, 0.3) is 0 Å². The minimum atomic E-state index is -0.487. The van der Waals surface area contributed by atoms with E-state index in [-0.39, 0.29) is 18.1 Å². The molecule has 1 N–H and O–H groups in total. The van der Waals surface area contributed by atoms with Gasteiger partial charge in [-0.15, -0.1) is 0 Å². The van der Waals surface area contributed by atoms with Gasteiger partial charge in [0.25, 0.3) is 5.69 Å². The number of hydrogen-bond acceptors (Lipinski definition) is 5. The predicted octanol–water partition coefficient (Wildman–Crippen LogP) is 3.44. The van der Waals surface area contributed by atoms with Crippen molar-refractivity contribution in [3.63, 3.8) is 0 Å². The summed E-state index contributed by atoms with van der Waals surface area (Å²) in [6.07, 6.45) is 0. The lowest BCUT2D eigenvalue weighted by Crippen LogP contribution is -2.29. The fourth-order valence-electron chi connectivity index (χ4n) is 2.25. The van der Waals surface area contributed by atoms with Gasteiger partial charge in [-0.2, -0.15) is 0 Å². The van der Waals surface area contributed by atoms with Gasteiger partial charge in [-0.1, -0.05) is 12.1 Å². The van der Waals surface area contributed by atoms with Crippen molar-refractivity contribution >= 4 is 33.2 Å². The van der Waals surface area contributed by atoms with Gasteiger partial charge < -0.3 is 10.1 Å². The number of rotatable bonds is 7. The Bertz CT molecular complexity index is 765. The third-order valence-corrected chi connectivity index (χ3v) is 4.12. The van der Waals surface area contributed by atoms with Gasteiger partial charge in [0.1, 0.15) is 5.75 Å². The molecule has 0 heterocycles. The molecule has 0 aliphatic carbocycles. The van der Waals surface area contributed by atoms with Crippen molar-refractivity contribution < 1.29 is 14.5 Å². The number of benzene rings is 2. The SMILES string of the molecule is COc1ccc(CN(C)CC(=O)Nc2ccc([N+](=O)[O-])cc2Br)cc1. The van der Waals surface area contributed by atoms with Crippen LogP contribution in [0.1, 0.15) is 5.56 Å². The fourth-order valence-corrected chi connectivity index (χ4v) is 2.72. The minimum absolute atomic E-state index is 0.0403. The van der Waals surface area contributed by atoms with Gasteiger partial charge in [-0.3, -0.25) is 19.8 Å². The summed E-state index contributed by atoms with van der Waals surface area (Å²) in [7, 11) is 3.45. The standard InChI is InChI=1S/C17H18BrN3O4/c1-20(10-12-3-6-14(25-2)7-4-12)11-17(22)19-16-8-5-13(21(23)24)9-15(16)18/h3-9H,10-11H2,1-2H3,(H,19,22). The summed E-state index contributed by atoms with van der Waals surface area (Å²) < 4.78 is 5.58. The van der Waals surface area contributed by atoms with Crippen LogP contribution in [0.15, 0.2) is 46.9 Å². The topological polar surface area (TPSA) is 84.7 Å². The molecule has 0 atom stereocenters. The summed E-state index contributed by atoms with van der Waals surface area (Å²) in [5.41, 5.74) is 1.52. The minimum Gasteiger partial charge on any atom is -0.497 e. The molecule has 2 aromatic carbocycles. The lowest BCUT2D eigenvalue weighted by Gasteiger charge is -2.17. The number of nitrogens with zero attached hydrogens (tertiary/aromatic N) is 2. The van der Waals surface area contributed by atoms with Crippen molar-refractivity contribution in [2.75, 3.05) is 26.0 Å². The number of likely N-dealkylation sites (N-methyl/N-ethyl adjacent to an activating group) is 1. The molecule has 0 aliphatic rings. The van der Waals surface area contributed by atoms with Crippen LogP contribution in [0.2, 0.25) is 0 Å². The zero-order valence-electron chi connectivity index (χ0n) is 13.9. The largest absolute Gasteiger partial charge is 0.497 e. The summed E-state index contributed by atoms with van der Waals surface area (Å²) in [6, 6.07) is 11.8. The molecule has 0 bridgehead atoms. The van der Waals surface area contributed by atoms with E-state index in [9.17, 15) is 14.9 Å². The molecule has 0 spiro atoms. The van der Waals surface area contributed by atoms with E-state index >= 15 is 0 Å². The first-order valence-corrected chi connectivity index (χ1v) is 8.23. The number of halogens is 1. The first-order chi connectivity index (χ1) is 11.9. The molecule has 7 nitrogen and oxygen atoms in total. The number of non-ortho nitro benzene ring substituents is 1. The van der Waals surface area contributed by atoms with Crippen LogP contribution in [-0.4, -0.2) is 36.4 Å². The van der Waals surface area contributed by atoms with Crippen LogP contribution in [0.5, 0.6) is 5.75 Å². The van der Waals surface area contributed by atoms with E-state index in [1.807, 2.05) is 36.2 Å². The van der Waals surface area contributed by atoms with Gasteiger partial charge in [0.15, 0.2) is 0 Å². The number of carbonyl (C=O) groups is 1. The lowest BCUT2D eigenvalue weighted by atomic mass is 10.2. The summed E-state index contributed by atoms with van der Waals surface area (Å²) in [5, 5.41) is 13.5. The zero-order chi connectivity index (χ0) is 18.4. The van der Waals surface area contributed by atoms with Gasteiger partial charge in [0, 0.05) is 23.2 Å². The Morgan fingerprint density at radius 2 is 1.96 bits per heavy atom. The van der Waals surface area contributed by atoms with E-state index in [4.69, 9.17) is 4.74 Å². The Balaban J connectivity index is 1.91. The van der Waals surface area contributed by atoms with Crippen LogP contribution in [0.4, 0.5) is 11.4 Å². The second-order valence-electron chi connectivity index (χ2n) is 5.49. The molecule has 0 radical (unpaired) electrons. The maximum Gasteiger partial charge on any atom is 0.270 e. The number of ether oxygens (including phenoxy) is 1. The Labute approximate surface area is 153 Å². The molecular formula is C17H18BrN3O4. The molecule has 0 aliphatic heterocycles. The van der Waals surface area contributed by atoms with E-state index in [0.29, 0.717) is 16.7 Å². The summed E-state index contributed by atoms with van der Waals surface area (Å²) in [4.78, 5) is 24.3. The molecule has 132 valence electrons. The number of methoxy groups -OCH3 is 1. The first-order valence-electron chi connectivity index (χ1n) is 7.44. The van der Waals surface area contributed by atoms with Crippen molar-refractivity contribution in [2.45, 2.75) is 6.54 Å². The molecule has 0 unspecified atom stereocenters. The van der Waals surface area contributed by atoms with E-state index in [1.165, 1.54) is 18.2 Å². The molecule has 0 aromatic heterocycles. The molecule has 0 fully saturated rings. The molecule has 25 heavy (non-hydrogen) atoms. The quantitative estimate of drug-likeness (QED) is 0.561. The smallest absolute Gasteiger partial charge is 0.270 e. The Hall–Kier alpha value is -2.45. The number of anilines is 1. The molecule has 0 saturated carbocycles. The summed E-state index contributed by atoms with van der Waals surface area (Å²) in [5.74, 6) is 0.581. The number of nitrogens with one attached hydrogen (secondary N) is 1. The third-order valence-electron chi connectivity index (χ3n) is 3.46. The van der Waals surface area contributed by atoms with Gasteiger partial charge >= 0.3 is 0 Å². The van der Waals surface area contributed by atoms with Gasteiger partial charge in [-0.05, 0) is 46.7 Å². The molecule has 0 saturated heterocycles. The van der Waals surface area contributed by atoms with Crippen molar-refractivity contribution in [3.8, 4) is 5.75 Å². The highest BCUT2D eigenvalue weighted by Crippen LogP contribution is 2.27. The fraction of sp³-hybridized carbons (Fsp3) is 0.235. The van der Waals surface area contributed by atoms with Crippen molar-refractivity contribution in [3.05, 3.63) is 62.6 Å². The molecule has 1 amide bonds. The second-order valence-corrected chi connectivity index (χ2v) is 6.34. The number of amides is 1. The maximum atomic E-state index is 12.2. The van der Waals surface area contributed by atoms with Crippen molar-refractivity contribution in [2.24, 2.45) is 0 Å². The van der Waals surface area contributed by atoms with Crippen LogP contribution in [0.3, 0.4) is 0 Å². The highest BCUT2D eigenvalue weighted by atomic mass is 79.9. The van der Waals surface area contributed by atoms with E-state index < -0.39 is 4.92 Å². The molecule has 2 aromatic rings. The maximum absolute atomic E-state index is 12.2. The monoisotopic (exact) mass is 407 g/mol. The summed E-state index contributed by atoms with van der Waals surface area (Å²) >= 11 is 3.23. The number of nitro benzene ring substituents is 1. The van der Waals surface area contributed by atoms with Gasteiger partial charge in [0.05, 0.1) is 24.3 Å². The third kappa shape index (κ3) is 5.54. The Morgan fingerprint density at radius 3 is 2.52 bits per heavy atom. The Morgan fingerprint density at radius 1 is 1.28 bits per heavy atom. The highest BCUT2D eigenvalue weighted by molar-refractivity contribution is 9.10. The number of hydrogen-bond donors (Lipinski definition) is 1. The van der Waals surface area contributed by atoms with E-state index in [1.54, 1.807) is 7.11 Å². The molecular weight excluding hydrogens is 390 g/mol. The Kier molecular flexibility index (Phi) is 6.49. The van der Waals surface area contributed by atoms with Crippen LogP contribution >= 0.6 is 15.9 Å². The number of carbonyl (C=O) groups excluding carboxylic acids is 1. The average Bonchev–Trinajstić information content (AvgIpc) is 2.57. The van der Waals surface area contributed by atoms with Crippen LogP contribution in [-0.2, 0) is 11.3 Å². The van der Waals surface area contributed by atoms with E-state index in [2.05, 4.69) is 21.2 Å². The van der Waals surface area contributed by atoms with Crippen LogP contribution < -0.4 is 10.1 Å². The second kappa shape index (κ2) is 8.59. The van der Waals surface area contributed by atoms with Crippen molar-refractivity contribution in [1.29, 1.82) is 0 Å². The molecule has 8 heteroatoms. The first kappa shape index (κ1) is 18.9. The van der Waals surface area contributed by atoms with Gasteiger partial charge in [-0.25, -0.2) is 0 Å². The predicted molar refractivity (Wildman–Crippen MR) is 98.8 cm³/mol. The normalized spacial score (nSPS) is 10.6. The zero-order valence-corrected chi connectivity index (χ0v) is 15.4. The molecule has 2 rings (SSSR count). The number of nitro groups is 1. The van der Waals surface area contributed by atoms with Crippen molar-refractivity contribution in [1.82, 2.24) is 4.90 Å².